The summed E-state index contributed by atoms with van der Waals surface area (Å²) >= 11 is 0. The molecule has 0 saturated carbocycles. The third-order valence-corrected chi connectivity index (χ3v) is 3.19. The molecule has 5 nitrogen and oxygen atoms in total. The molecule has 5 heteroatoms. The second-order valence-corrected chi connectivity index (χ2v) is 4.35. The number of ether oxygens (including phenoxy) is 1. The largest absolute Gasteiger partial charge is 0.493 e. The standard InChI is InChI=1S/C12H24N4O/c1-5-7-16-12(10(17-4)8-14-16)11(15-13)9(3)6-2/h8-9,11,15H,5-7,13H2,1-4H3. The fraction of sp³-hybridized carbons (Fsp3) is 0.750. The van der Waals surface area contributed by atoms with Crippen LogP contribution in [0.5, 0.6) is 5.75 Å². The van der Waals surface area contributed by atoms with Crippen LogP contribution in [0, 0.1) is 5.92 Å². The topological polar surface area (TPSA) is 65.1 Å². The third-order valence-electron chi connectivity index (χ3n) is 3.19. The van der Waals surface area contributed by atoms with Crippen LogP contribution in [0.15, 0.2) is 6.20 Å². The number of hydrazine groups is 1. The molecule has 0 aromatic carbocycles. The van der Waals surface area contributed by atoms with Crippen molar-refractivity contribution in [2.75, 3.05) is 7.11 Å². The van der Waals surface area contributed by atoms with E-state index < -0.39 is 0 Å². The first kappa shape index (κ1) is 14.0. The van der Waals surface area contributed by atoms with Crippen LogP contribution in [0.4, 0.5) is 0 Å². The molecule has 0 aliphatic carbocycles. The minimum Gasteiger partial charge on any atom is -0.493 e. The van der Waals surface area contributed by atoms with Crippen molar-refractivity contribution in [1.82, 2.24) is 15.2 Å². The number of nitrogens with zero attached hydrogens (tertiary/aromatic N) is 2. The maximum Gasteiger partial charge on any atom is 0.161 e. The number of rotatable bonds is 7. The van der Waals surface area contributed by atoms with Gasteiger partial charge in [0.2, 0.25) is 0 Å². The molecule has 0 fully saturated rings. The quantitative estimate of drug-likeness (QED) is 0.564. The summed E-state index contributed by atoms with van der Waals surface area (Å²) in [7, 11) is 1.67. The Bertz CT molecular complexity index is 337. The van der Waals surface area contributed by atoms with Crippen molar-refractivity contribution in [1.29, 1.82) is 0 Å². The SMILES string of the molecule is CCCn1ncc(OC)c1C(NN)C(C)CC. The molecule has 0 radical (unpaired) electrons. The van der Waals surface area contributed by atoms with Crippen LogP contribution in [0.3, 0.4) is 0 Å². The van der Waals surface area contributed by atoms with Crippen LogP contribution in [-0.2, 0) is 6.54 Å². The van der Waals surface area contributed by atoms with E-state index in [1.54, 1.807) is 13.3 Å². The predicted molar refractivity (Wildman–Crippen MR) is 68.6 cm³/mol. The zero-order valence-corrected chi connectivity index (χ0v) is 11.2. The molecule has 1 heterocycles. The Balaban J connectivity index is 3.09. The molecular formula is C12H24N4O. The predicted octanol–water partition coefficient (Wildman–Crippen LogP) is 1.85. The first-order valence-corrected chi connectivity index (χ1v) is 6.25. The molecule has 0 aliphatic heterocycles. The molecule has 0 spiro atoms. The highest BCUT2D eigenvalue weighted by molar-refractivity contribution is 5.28. The van der Waals surface area contributed by atoms with Gasteiger partial charge in [0.25, 0.3) is 0 Å². The Hall–Kier alpha value is -1.07. The molecule has 1 rings (SSSR count). The second-order valence-electron chi connectivity index (χ2n) is 4.35. The van der Waals surface area contributed by atoms with Crippen LogP contribution in [0.1, 0.15) is 45.3 Å². The number of nitrogens with two attached hydrogens (primary N) is 1. The smallest absolute Gasteiger partial charge is 0.161 e. The Morgan fingerprint density at radius 2 is 2.24 bits per heavy atom. The Morgan fingerprint density at radius 1 is 1.53 bits per heavy atom. The van der Waals surface area contributed by atoms with Gasteiger partial charge < -0.3 is 4.74 Å². The van der Waals surface area contributed by atoms with E-state index in [9.17, 15) is 0 Å². The van der Waals surface area contributed by atoms with Gasteiger partial charge in [0.1, 0.15) is 0 Å². The molecule has 2 atom stereocenters. The van der Waals surface area contributed by atoms with Crippen molar-refractivity contribution >= 4 is 0 Å². The fourth-order valence-corrected chi connectivity index (χ4v) is 1.99. The van der Waals surface area contributed by atoms with Crippen molar-refractivity contribution in [2.45, 2.75) is 46.2 Å². The molecule has 17 heavy (non-hydrogen) atoms. The van der Waals surface area contributed by atoms with E-state index in [0.717, 1.165) is 30.8 Å². The van der Waals surface area contributed by atoms with Gasteiger partial charge in [-0.25, -0.2) is 0 Å². The Labute approximate surface area is 103 Å². The number of methoxy groups -OCH3 is 1. The third kappa shape index (κ3) is 2.98. The maximum absolute atomic E-state index is 5.68. The van der Waals surface area contributed by atoms with E-state index in [2.05, 4.69) is 31.3 Å². The molecule has 2 unspecified atom stereocenters. The van der Waals surface area contributed by atoms with Gasteiger partial charge in [0.15, 0.2) is 5.75 Å². The number of nitrogens with one attached hydrogen (secondary N) is 1. The molecule has 1 aromatic heterocycles. The van der Waals surface area contributed by atoms with Crippen LogP contribution in [0.25, 0.3) is 0 Å². The molecule has 0 amide bonds. The number of hydrogen-bond donors (Lipinski definition) is 2. The van der Waals surface area contributed by atoms with Gasteiger partial charge in [-0.2, -0.15) is 5.10 Å². The van der Waals surface area contributed by atoms with Crippen LogP contribution >= 0.6 is 0 Å². The normalized spacial score (nSPS) is 14.6. The second kappa shape index (κ2) is 6.61. The lowest BCUT2D eigenvalue weighted by Gasteiger charge is -2.24. The molecule has 0 bridgehead atoms. The molecule has 98 valence electrons. The Kier molecular flexibility index (Phi) is 5.44. The lowest BCUT2D eigenvalue weighted by molar-refractivity contribution is 0.335. The molecule has 0 aliphatic rings. The average molecular weight is 240 g/mol. The monoisotopic (exact) mass is 240 g/mol. The van der Waals surface area contributed by atoms with Crippen molar-refractivity contribution in [3.8, 4) is 5.75 Å². The molecule has 1 aromatic rings. The van der Waals surface area contributed by atoms with Crippen molar-refractivity contribution in [2.24, 2.45) is 11.8 Å². The summed E-state index contributed by atoms with van der Waals surface area (Å²) in [5.41, 5.74) is 3.94. The van der Waals surface area contributed by atoms with Gasteiger partial charge in [-0.1, -0.05) is 27.2 Å². The van der Waals surface area contributed by atoms with Crippen LogP contribution in [0.2, 0.25) is 0 Å². The zero-order chi connectivity index (χ0) is 12.8. The minimum atomic E-state index is 0.0731. The first-order chi connectivity index (χ1) is 8.19. The molecule has 3 N–H and O–H groups in total. The maximum atomic E-state index is 5.68. The highest BCUT2D eigenvalue weighted by atomic mass is 16.5. The minimum absolute atomic E-state index is 0.0731. The highest BCUT2D eigenvalue weighted by Gasteiger charge is 2.24. The molecular weight excluding hydrogens is 216 g/mol. The van der Waals surface area contributed by atoms with E-state index in [-0.39, 0.29) is 6.04 Å². The zero-order valence-electron chi connectivity index (χ0n) is 11.2. The summed E-state index contributed by atoms with van der Waals surface area (Å²) in [5.74, 6) is 6.92. The summed E-state index contributed by atoms with van der Waals surface area (Å²) in [6, 6.07) is 0.0731. The van der Waals surface area contributed by atoms with Gasteiger partial charge in [-0.05, 0) is 12.3 Å². The van der Waals surface area contributed by atoms with E-state index in [1.807, 2.05) is 4.68 Å². The van der Waals surface area contributed by atoms with Crippen molar-refractivity contribution < 1.29 is 4.74 Å². The summed E-state index contributed by atoms with van der Waals surface area (Å²) in [6.45, 7) is 7.34. The lowest BCUT2D eigenvalue weighted by atomic mass is 9.96. The first-order valence-electron chi connectivity index (χ1n) is 6.25. The summed E-state index contributed by atoms with van der Waals surface area (Å²) in [5, 5.41) is 4.36. The van der Waals surface area contributed by atoms with Gasteiger partial charge in [-0.3, -0.25) is 16.0 Å². The molecule has 0 saturated heterocycles. The lowest BCUT2D eigenvalue weighted by Crippen LogP contribution is -2.34. The fourth-order valence-electron chi connectivity index (χ4n) is 1.99. The van der Waals surface area contributed by atoms with Crippen molar-refractivity contribution in [3.05, 3.63) is 11.9 Å². The van der Waals surface area contributed by atoms with Crippen molar-refractivity contribution in [3.63, 3.8) is 0 Å². The average Bonchev–Trinajstić information content (AvgIpc) is 2.74. The summed E-state index contributed by atoms with van der Waals surface area (Å²) < 4.78 is 7.35. The van der Waals surface area contributed by atoms with E-state index in [1.165, 1.54) is 0 Å². The van der Waals surface area contributed by atoms with E-state index >= 15 is 0 Å². The number of aromatic nitrogens is 2. The summed E-state index contributed by atoms with van der Waals surface area (Å²) in [6.07, 6.45) is 3.85. The van der Waals surface area contributed by atoms with Gasteiger partial charge in [0, 0.05) is 6.54 Å². The van der Waals surface area contributed by atoms with Crippen LogP contribution < -0.4 is 16.0 Å². The van der Waals surface area contributed by atoms with E-state index in [4.69, 9.17) is 10.6 Å². The van der Waals surface area contributed by atoms with E-state index in [0.29, 0.717) is 5.92 Å². The van der Waals surface area contributed by atoms with Crippen LogP contribution in [-0.4, -0.2) is 16.9 Å². The van der Waals surface area contributed by atoms with Gasteiger partial charge >= 0.3 is 0 Å². The Morgan fingerprint density at radius 3 is 2.71 bits per heavy atom. The highest BCUT2D eigenvalue weighted by Crippen LogP contribution is 2.31. The number of hydrogen-bond acceptors (Lipinski definition) is 4. The number of aryl methyl sites for hydroxylation is 1. The van der Waals surface area contributed by atoms with Gasteiger partial charge in [-0.15, -0.1) is 0 Å². The van der Waals surface area contributed by atoms with Gasteiger partial charge in [0.05, 0.1) is 25.0 Å². The summed E-state index contributed by atoms with van der Waals surface area (Å²) in [4.78, 5) is 0.